The summed E-state index contributed by atoms with van der Waals surface area (Å²) in [5.74, 6) is 1.32. The molecule has 1 aliphatic heterocycles. The molecule has 0 fully saturated rings. The number of hydrogen-bond acceptors (Lipinski definition) is 7. The SMILES string of the molecule is CC(=O)NCCCSc1nc(N)nc(-c2c(Cl)cc3c4c(cccc24)COC3)n1. The minimum absolute atomic E-state index is 0.0374. The van der Waals surface area contributed by atoms with Crippen LogP contribution < -0.4 is 11.1 Å². The molecule has 0 radical (unpaired) electrons. The van der Waals surface area contributed by atoms with Crippen LogP contribution in [0.3, 0.4) is 0 Å². The molecule has 0 atom stereocenters. The summed E-state index contributed by atoms with van der Waals surface area (Å²) in [6.45, 7) is 3.21. The van der Waals surface area contributed by atoms with E-state index in [1.54, 1.807) is 0 Å². The number of thioether (sulfide) groups is 1. The number of benzene rings is 2. The van der Waals surface area contributed by atoms with Crippen molar-refractivity contribution in [3.63, 3.8) is 0 Å². The van der Waals surface area contributed by atoms with E-state index in [1.165, 1.54) is 18.7 Å². The standard InChI is InChI=1S/C20H20ClN5O2S/c1-11(27)23-6-3-7-29-20-25-18(24-19(22)26-20)17-14-5-2-4-12-9-28-10-13(16(12)14)8-15(17)21/h2,4-5,8H,3,6-7,9-10H2,1H3,(H,23,27)(H2,22,24,25,26). The van der Waals surface area contributed by atoms with Gasteiger partial charge in [-0.2, -0.15) is 9.97 Å². The third-order valence-electron chi connectivity index (χ3n) is 4.58. The molecule has 2 aromatic carbocycles. The summed E-state index contributed by atoms with van der Waals surface area (Å²) in [6, 6.07) is 7.98. The van der Waals surface area contributed by atoms with Gasteiger partial charge in [0.25, 0.3) is 0 Å². The van der Waals surface area contributed by atoms with Gasteiger partial charge in [-0.15, -0.1) is 0 Å². The molecule has 0 unspecified atom stereocenters. The fraction of sp³-hybridized carbons (Fsp3) is 0.300. The molecule has 9 heteroatoms. The van der Waals surface area contributed by atoms with Crippen molar-refractivity contribution in [3.05, 3.63) is 40.4 Å². The molecule has 1 amide bonds. The molecule has 4 rings (SSSR count). The Morgan fingerprint density at radius 1 is 1.28 bits per heavy atom. The Morgan fingerprint density at radius 3 is 2.93 bits per heavy atom. The Kier molecular flexibility index (Phi) is 5.84. The van der Waals surface area contributed by atoms with E-state index in [2.05, 4.69) is 26.3 Å². The van der Waals surface area contributed by atoms with Gasteiger partial charge in [0, 0.05) is 24.8 Å². The van der Waals surface area contributed by atoms with Crippen LogP contribution in [0.25, 0.3) is 22.2 Å². The van der Waals surface area contributed by atoms with E-state index in [9.17, 15) is 4.79 Å². The van der Waals surface area contributed by atoms with Crippen molar-refractivity contribution in [2.75, 3.05) is 18.0 Å². The maximum absolute atomic E-state index is 10.9. The van der Waals surface area contributed by atoms with Crippen LogP contribution in [0.1, 0.15) is 24.5 Å². The average Bonchev–Trinajstić information content (AvgIpc) is 2.67. The van der Waals surface area contributed by atoms with Crippen molar-refractivity contribution in [2.45, 2.75) is 31.7 Å². The first-order valence-electron chi connectivity index (χ1n) is 9.23. The van der Waals surface area contributed by atoms with Crippen LogP contribution in [-0.4, -0.2) is 33.2 Å². The fourth-order valence-corrected chi connectivity index (χ4v) is 4.49. The van der Waals surface area contributed by atoms with Crippen molar-refractivity contribution in [3.8, 4) is 11.4 Å². The smallest absolute Gasteiger partial charge is 0.224 e. The highest BCUT2D eigenvalue weighted by Gasteiger charge is 2.20. The Labute approximate surface area is 177 Å². The average molecular weight is 430 g/mol. The molecule has 150 valence electrons. The van der Waals surface area contributed by atoms with Gasteiger partial charge in [0.2, 0.25) is 11.9 Å². The fourth-order valence-electron chi connectivity index (χ4n) is 3.39. The lowest BCUT2D eigenvalue weighted by molar-refractivity contribution is -0.118. The first kappa shape index (κ1) is 19.9. The highest BCUT2D eigenvalue weighted by molar-refractivity contribution is 7.99. The van der Waals surface area contributed by atoms with Gasteiger partial charge in [0.15, 0.2) is 11.0 Å². The molecule has 3 aromatic rings. The number of hydrogen-bond donors (Lipinski definition) is 2. The van der Waals surface area contributed by atoms with Gasteiger partial charge in [0.1, 0.15) is 0 Å². The first-order valence-corrected chi connectivity index (χ1v) is 10.6. The summed E-state index contributed by atoms with van der Waals surface area (Å²) < 4.78 is 5.65. The molecule has 3 N–H and O–H groups in total. The lowest BCUT2D eigenvalue weighted by Crippen LogP contribution is -2.21. The van der Waals surface area contributed by atoms with Crippen molar-refractivity contribution >= 4 is 46.0 Å². The van der Waals surface area contributed by atoms with Crippen molar-refractivity contribution in [1.29, 1.82) is 0 Å². The van der Waals surface area contributed by atoms with Gasteiger partial charge in [-0.25, -0.2) is 4.98 Å². The molecule has 2 heterocycles. The maximum Gasteiger partial charge on any atom is 0.224 e. The molecule has 0 saturated carbocycles. The topological polar surface area (TPSA) is 103 Å². The van der Waals surface area contributed by atoms with E-state index >= 15 is 0 Å². The molecule has 0 saturated heterocycles. The summed E-state index contributed by atoms with van der Waals surface area (Å²) >= 11 is 8.11. The van der Waals surface area contributed by atoms with Gasteiger partial charge in [0.05, 0.1) is 18.2 Å². The number of anilines is 1. The first-order chi connectivity index (χ1) is 14.0. The summed E-state index contributed by atoms with van der Waals surface area (Å²) in [6.07, 6.45) is 0.799. The van der Waals surface area contributed by atoms with Gasteiger partial charge in [-0.1, -0.05) is 41.6 Å². The van der Waals surface area contributed by atoms with Crippen molar-refractivity contribution in [1.82, 2.24) is 20.3 Å². The summed E-state index contributed by atoms with van der Waals surface area (Å²) in [7, 11) is 0. The third kappa shape index (κ3) is 4.29. The molecule has 0 bridgehead atoms. The number of ether oxygens (including phenoxy) is 1. The number of halogens is 1. The van der Waals surface area contributed by atoms with Crippen LogP contribution in [0.2, 0.25) is 5.02 Å². The summed E-state index contributed by atoms with van der Waals surface area (Å²) in [5, 5.41) is 5.99. The molecular formula is C20H20ClN5O2S. The number of rotatable bonds is 6. The molecule has 0 spiro atoms. The van der Waals surface area contributed by atoms with Gasteiger partial charge < -0.3 is 15.8 Å². The second-order valence-corrected chi connectivity index (χ2v) is 8.18. The van der Waals surface area contributed by atoms with E-state index in [1.807, 2.05) is 18.2 Å². The zero-order valence-corrected chi connectivity index (χ0v) is 17.4. The maximum atomic E-state index is 10.9. The van der Waals surface area contributed by atoms with Crippen molar-refractivity contribution in [2.24, 2.45) is 0 Å². The number of nitrogen functional groups attached to an aromatic ring is 1. The lowest BCUT2D eigenvalue weighted by atomic mass is 9.94. The number of nitrogens with two attached hydrogens (primary N) is 1. The van der Waals surface area contributed by atoms with Crippen LogP contribution in [0.15, 0.2) is 29.4 Å². The van der Waals surface area contributed by atoms with E-state index in [-0.39, 0.29) is 11.9 Å². The largest absolute Gasteiger partial charge is 0.372 e. The van der Waals surface area contributed by atoms with Crippen LogP contribution in [0.4, 0.5) is 5.95 Å². The van der Waals surface area contributed by atoms with Crippen LogP contribution in [-0.2, 0) is 22.7 Å². The summed E-state index contributed by atoms with van der Waals surface area (Å²) in [4.78, 5) is 24.1. The Bertz CT molecular complexity index is 1090. The minimum atomic E-state index is -0.0374. The minimum Gasteiger partial charge on any atom is -0.372 e. The number of aromatic nitrogens is 3. The number of amides is 1. The van der Waals surface area contributed by atoms with Crippen LogP contribution in [0.5, 0.6) is 0 Å². The second-order valence-electron chi connectivity index (χ2n) is 6.71. The van der Waals surface area contributed by atoms with E-state index < -0.39 is 0 Å². The van der Waals surface area contributed by atoms with E-state index in [0.717, 1.165) is 39.6 Å². The van der Waals surface area contributed by atoms with Crippen LogP contribution in [0, 0.1) is 0 Å². The molecule has 0 aliphatic carbocycles. The second kappa shape index (κ2) is 8.52. The highest BCUT2D eigenvalue weighted by atomic mass is 35.5. The third-order valence-corrected chi connectivity index (χ3v) is 5.81. The monoisotopic (exact) mass is 429 g/mol. The van der Waals surface area contributed by atoms with Gasteiger partial charge in [-0.05, 0) is 34.4 Å². The van der Waals surface area contributed by atoms with E-state index in [4.69, 9.17) is 22.1 Å². The van der Waals surface area contributed by atoms with Crippen LogP contribution >= 0.6 is 23.4 Å². The predicted octanol–water partition coefficient (Wildman–Crippen LogP) is 3.58. The normalized spacial score (nSPS) is 12.9. The number of nitrogens with one attached hydrogen (secondary N) is 1. The number of carbonyl (C=O) groups is 1. The highest BCUT2D eigenvalue weighted by Crippen LogP contribution is 2.39. The Hall–Kier alpha value is -2.42. The summed E-state index contributed by atoms with van der Waals surface area (Å²) in [5.41, 5.74) is 8.90. The van der Waals surface area contributed by atoms with Crippen molar-refractivity contribution < 1.29 is 9.53 Å². The van der Waals surface area contributed by atoms with E-state index in [0.29, 0.717) is 35.8 Å². The van der Waals surface area contributed by atoms with Gasteiger partial charge >= 0.3 is 0 Å². The number of carbonyl (C=O) groups excluding carboxylic acids is 1. The Balaban J connectivity index is 1.68. The quantitative estimate of drug-likeness (QED) is 0.456. The Morgan fingerprint density at radius 2 is 2.10 bits per heavy atom. The predicted molar refractivity (Wildman–Crippen MR) is 115 cm³/mol. The molecule has 1 aliphatic rings. The zero-order chi connectivity index (χ0) is 20.4. The molecular weight excluding hydrogens is 410 g/mol. The molecule has 1 aromatic heterocycles. The van der Waals surface area contributed by atoms with Gasteiger partial charge in [-0.3, -0.25) is 4.79 Å². The molecule has 29 heavy (non-hydrogen) atoms. The zero-order valence-electron chi connectivity index (χ0n) is 15.9. The molecule has 7 nitrogen and oxygen atoms in total. The number of nitrogens with zero attached hydrogens (tertiary/aromatic N) is 3. The lowest BCUT2D eigenvalue weighted by Gasteiger charge is -2.20.